The summed E-state index contributed by atoms with van der Waals surface area (Å²) in [6.07, 6.45) is 4.10. The van der Waals surface area contributed by atoms with Crippen molar-refractivity contribution < 1.29 is 22.2 Å². The molecule has 1 aliphatic heterocycles. The van der Waals surface area contributed by atoms with Crippen molar-refractivity contribution in [3.05, 3.63) is 30.3 Å². The van der Waals surface area contributed by atoms with Gasteiger partial charge in [0.15, 0.2) is 0 Å². The predicted molar refractivity (Wildman–Crippen MR) is 87.4 cm³/mol. The lowest BCUT2D eigenvalue weighted by molar-refractivity contribution is -0.917. The molecule has 0 saturated carbocycles. The topological polar surface area (TPSA) is 63.6 Å². The first-order valence-corrected chi connectivity index (χ1v) is 9.25. The second kappa shape index (κ2) is 9.25. The number of nitrogens with zero attached hydrogens (tertiary/aromatic N) is 1. The SMILES string of the molecule is CCCCC[N+]1(C)CCOCC1.O=S(=O)(O)c1ccccc1. The van der Waals surface area contributed by atoms with Gasteiger partial charge in [-0.1, -0.05) is 31.5 Å². The minimum absolute atomic E-state index is 0.0741. The number of likely N-dealkylation sites (N-methyl/N-ethyl adjacent to an activating group) is 1. The van der Waals surface area contributed by atoms with Crippen LogP contribution in [-0.4, -0.2) is 57.3 Å². The zero-order valence-electron chi connectivity index (χ0n) is 13.6. The van der Waals surface area contributed by atoms with Gasteiger partial charge in [0.25, 0.3) is 10.1 Å². The molecule has 2 rings (SSSR count). The van der Waals surface area contributed by atoms with Gasteiger partial charge in [-0.2, -0.15) is 8.42 Å². The van der Waals surface area contributed by atoms with Gasteiger partial charge in [0.05, 0.1) is 31.7 Å². The molecule has 1 aromatic carbocycles. The third kappa shape index (κ3) is 7.35. The summed E-state index contributed by atoms with van der Waals surface area (Å²) < 4.78 is 35.8. The molecule has 0 amide bonds. The molecule has 22 heavy (non-hydrogen) atoms. The molecule has 1 aliphatic rings. The molecule has 1 saturated heterocycles. The quantitative estimate of drug-likeness (QED) is 0.512. The maximum atomic E-state index is 10.4. The van der Waals surface area contributed by atoms with Gasteiger partial charge in [-0.05, 0) is 25.0 Å². The Kier molecular flexibility index (Phi) is 8.03. The van der Waals surface area contributed by atoms with Crippen LogP contribution in [-0.2, 0) is 14.9 Å². The first-order valence-electron chi connectivity index (χ1n) is 7.81. The Morgan fingerprint density at radius 3 is 2.18 bits per heavy atom. The number of hydrogen-bond acceptors (Lipinski definition) is 3. The van der Waals surface area contributed by atoms with E-state index in [1.165, 1.54) is 55.5 Å². The second-order valence-electron chi connectivity index (χ2n) is 5.90. The minimum atomic E-state index is -4.00. The Morgan fingerprint density at radius 2 is 1.73 bits per heavy atom. The Balaban J connectivity index is 0.000000224. The lowest BCUT2D eigenvalue weighted by atomic mass is 10.2. The molecule has 0 bridgehead atoms. The lowest BCUT2D eigenvalue weighted by Gasteiger charge is -2.37. The predicted octanol–water partition coefficient (Wildman–Crippen LogP) is 2.59. The summed E-state index contributed by atoms with van der Waals surface area (Å²) in [5, 5.41) is 0. The number of morpholine rings is 1. The largest absolute Gasteiger partial charge is 0.370 e. The van der Waals surface area contributed by atoms with Crippen LogP contribution in [0.1, 0.15) is 26.2 Å². The van der Waals surface area contributed by atoms with Gasteiger partial charge < -0.3 is 9.22 Å². The standard InChI is InChI=1S/C10H22NO.C6H6O3S/c1-3-4-5-6-11(2)7-9-12-10-8-11;7-10(8,9)6-4-2-1-3-5-6/h3-10H2,1-2H3;1-5H,(H,7,8,9)/q+1;. The average Bonchev–Trinajstić information content (AvgIpc) is 2.49. The number of rotatable bonds is 5. The molecular weight excluding hydrogens is 302 g/mol. The molecule has 0 spiro atoms. The summed E-state index contributed by atoms with van der Waals surface area (Å²) in [6.45, 7) is 7.95. The molecule has 5 nitrogen and oxygen atoms in total. The van der Waals surface area contributed by atoms with Crippen molar-refractivity contribution in [2.45, 2.75) is 31.1 Å². The fraction of sp³-hybridized carbons (Fsp3) is 0.625. The summed E-state index contributed by atoms with van der Waals surface area (Å²) in [6, 6.07) is 7.42. The smallest absolute Gasteiger partial charge is 0.294 e. The molecule has 0 aliphatic carbocycles. The van der Waals surface area contributed by atoms with E-state index in [0.717, 1.165) is 13.2 Å². The zero-order chi connectivity index (χ0) is 16.5. The van der Waals surface area contributed by atoms with E-state index in [9.17, 15) is 8.42 Å². The highest BCUT2D eigenvalue weighted by atomic mass is 32.2. The fourth-order valence-electron chi connectivity index (χ4n) is 2.34. The van der Waals surface area contributed by atoms with Crippen LogP contribution in [0.2, 0.25) is 0 Å². The molecule has 6 heteroatoms. The van der Waals surface area contributed by atoms with Gasteiger partial charge >= 0.3 is 0 Å². The molecular formula is C16H28NO4S+. The number of quaternary nitrogens is 1. The van der Waals surface area contributed by atoms with Gasteiger partial charge in [-0.15, -0.1) is 0 Å². The molecule has 0 radical (unpaired) electrons. The molecule has 1 N–H and O–H groups in total. The van der Waals surface area contributed by atoms with E-state index in [0.29, 0.717) is 0 Å². The van der Waals surface area contributed by atoms with Crippen LogP contribution in [0.15, 0.2) is 35.2 Å². The van der Waals surface area contributed by atoms with E-state index >= 15 is 0 Å². The van der Waals surface area contributed by atoms with Crippen LogP contribution < -0.4 is 0 Å². The van der Waals surface area contributed by atoms with Crippen molar-refractivity contribution in [1.29, 1.82) is 0 Å². The van der Waals surface area contributed by atoms with Crippen molar-refractivity contribution >= 4 is 10.1 Å². The van der Waals surface area contributed by atoms with E-state index in [2.05, 4.69) is 14.0 Å². The Labute approximate surface area is 134 Å². The summed E-state index contributed by atoms with van der Waals surface area (Å²) >= 11 is 0. The van der Waals surface area contributed by atoms with Crippen molar-refractivity contribution in [2.24, 2.45) is 0 Å². The Hall–Kier alpha value is -0.950. The highest BCUT2D eigenvalue weighted by molar-refractivity contribution is 7.85. The highest BCUT2D eigenvalue weighted by Gasteiger charge is 2.23. The third-order valence-electron chi connectivity index (χ3n) is 3.89. The molecule has 0 unspecified atom stereocenters. The van der Waals surface area contributed by atoms with Crippen LogP contribution in [0.25, 0.3) is 0 Å². The third-order valence-corrected chi connectivity index (χ3v) is 4.76. The van der Waals surface area contributed by atoms with E-state index in [1.54, 1.807) is 18.2 Å². The van der Waals surface area contributed by atoms with Crippen LogP contribution in [0.3, 0.4) is 0 Å². The van der Waals surface area contributed by atoms with E-state index in [4.69, 9.17) is 9.29 Å². The number of unbranched alkanes of at least 4 members (excludes halogenated alkanes) is 2. The van der Waals surface area contributed by atoms with Gasteiger partial charge in [0.1, 0.15) is 13.1 Å². The molecule has 1 fully saturated rings. The maximum absolute atomic E-state index is 10.4. The average molecular weight is 330 g/mol. The summed E-state index contributed by atoms with van der Waals surface area (Å²) in [5.74, 6) is 0. The summed E-state index contributed by atoms with van der Waals surface area (Å²) in [7, 11) is -1.64. The Bertz CT molecular complexity index is 510. The van der Waals surface area contributed by atoms with Gasteiger partial charge in [0.2, 0.25) is 0 Å². The van der Waals surface area contributed by atoms with E-state index < -0.39 is 10.1 Å². The van der Waals surface area contributed by atoms with Crippen LogP contribution in [0.5, 0.6) is 0 Å². The number of ether oxygens (including phenoxy) is 1. The summed E-state index contributed by atoms with van der Waals surface area (Å²) in [5.41, 5.74) is 0. The summed E-state index contributed by atoms with van der Waals surface area (Å²) in [4.78, 5) is -0.0741. The maximum Gasteiger partial charge on any atom is 0.294 e. The molecule has 1 heterocycles. The fourth-order valence-corrected chi connectivity index (χ4v) is 2.84. The van der Waals surface area contributed by atoms with Crippen molar-refractivity contribution in [1.82, 2.24) is 0 Å². The highest BCUT2D eigenvalue weighted by Crippen LogP contribution is 2.10. The minimum Gasteiger partial charge on any atom is -0.370 e. The van der Waals surface area contributed by atoms with Crippen molar-refractivity contribution in [3.8, 4) is 0 Å². The normalized spacial score (nSPS) is 17.4. The van der Waals surface area contributed by atoms with Crippen molar-refractivity contribution in [2.75, 3.05) is 39.9 Å². The van der Waals surface area contributed by atoms with Gasteiger partial charge in [-0.25, -0.2) is 0 Å². The molecule has 0 atom stereocenters. The zero-order valence-corrected chi connectivity index (χ0v) is 14.4. The van der Waals surface area contributed by atoms with Gasteiger partial charge in [0, 0.05) is 0 Å². The van der Waals surface area contributed by atoms with Crippen LogP contribution >= 0.6 is 0 Å². The van der Waals surface area contributed by atoms with Crippen LogP contribution in [0, 0.1) is 0 Å². The first kappa shape index (κ1) is 19.1. The van der Waals surface area contributed by atoms with Crippen LogP contribution in [0.4, 0.5) is 0 Å². The first-order chi connectivity index (χ1) is 10.4. The van der Waals surface area contributed by atoms with E-state index in [1.807, 2.05) is 0 Å². The van der Waals surface area contributed by atoms with E-state index in [-0.39, 0.29) is 4.90 Å². The molecule has 0 aromatic heterocycles. The second-order valence-corrected chi connectivity index (χ2v) is 7.32. The number of benzene rings is 1. The molecule has 1 aromatic rings. The Morgan fingerprint density at radius 1 is 1.14 bits per heavy atom. The lowest BCUT2D eigenvalue weighted by Crippen LogP contribution is -2.52. The number of hydrogen-bond donors (Lipinski definition) is 1. The van der Waals surface area contributed by atoms with Gasteiger partial charge in [-0.3, -0.25) is 4.55 Å². The monoisotopic (exact) mass is 330 g/mol. The van der Waals surface area contributed by atoms with Crippen molar-refractivity contribution in [3.63, 3.8) is 0 Å². The molecule has 126 valence electrons.